The topological polar surface area (TPSA) is 46.5 Å². The second-order valence-electron chi connectivity index (χ2n) is 5.52. The van der Waals surface area contributed by atoms with Gasteiger partial charge in [0.1, 0.15) is 5.75 Å². The van der Waals surface area contributed by atoms with Gasteiger partial charge in [-0.1, -0.05) is 70.1 Å². The van der Waals surface area contributed by atoms with Gasteiger partial charge in [0.2, 0.25) is 0 Å². The molecule has 118 valence electrons. The Labute approximate surface area is 128 Å². The molecule has 0 bridgehead atoms. The summed E-state index contributed by atoms with van der Waals surface area (Å²) in [6, 6.07) is 9.18. The minimum Gasteiger partial charge on any atom is -0.479 e. The van der Waals surface area contributed by atoms with Crippen LogP contribution in [-0.4, -0.2) is 17.2 Å². The lowest BCUT2D eigenvalue weighted by Gasteiger charge is -2.14. The second kappa shape index (κ2) is 11.2. The standard InChI is InChI=1S/C18H28O3/c1-2-3-4-5-6-7-8-12-15-17(18(19)20)21-16-13-10-9-11-14-16/h9-11,13-14,17H,2-8,12,15H2,1H3,(H,19,20)/t17-/m0/s1. The van der Waals surface area contributed by atoms with E-state index in [0.717, 1.165) is 12.8 Å². The number of hydrogen-bond donors (Lipinski definition) is 1. The molecule has 0 aliphatic rings. The first-order chi connectivity index (χ1) is 10.2. The highest BCUT2D eigenvalue weighted by atomic mass is 16.5. The third-order valence-corrected chi connectivity index (χ3v) is 3.62. The summed E-state index contributed by atoms with van der Waals surface area (Å²) >= 11 is 0. The molecule has 1 rings (SSSR count). The van der Waals surface area contributed by atoms with Gasteiger partial charge in [-0.2, -0.15) is 0 Å². The summed E-state index contributed by atoms with van der Waals surface area (Å²) in [7, 11) is 0. The van der Waals surface area contributed by atoms with Crippen LogP contribution in [-0.2, 0) is 4.79 Å². The van der Waals surface area contributed by atoms with Crippen LogP contribution in [0.3, 0.4) is 0 Å². The van der Waals surface area contributed by atoms with Crippen molar-refractivity contribution in [2.45, 2.75) is 70.8 Å². The molecule has 0 radical (unpaired) electrons. The molecule has 0 heterocycles. The molecule has 0 saturated heterocycles. The first-order valence-electron chi connectivity index (χ1n) is 8.18. The highest BCUT2D eigenvalue weighted by molar-refractivity contribution is 5.72. The van der Waals surface area contributed by atoms with E-state index in [-0.39, 0.29) is 0 Å². The van der Waals surface area contributed by atoms with E-state index < -0.39 is 12.1 Å². The minimum atomic E-state index is -0.873. The lowest BCUT2D eigenvalue weighted by molar-refractivity contribution is -0.145. The second-order valence-corrected chi connectivity index (χ2v) is 5.52. The average Bonchev–Trinajstić information content (AvgIpc) is 2.49. The molecule has 1 N–H and O–H groups in total. The van der Waals surface area contributed by atoms with E-state index in [1.165, 1.54) is 38.5 Å². The number of carboxylic acids is 1. The van der Waals surface area contributed by atoms with Gasteiger partial charge in [0.05, 0.1) is 0 Å². The third kappa shape index (κ3) is 8.38. The molecule has 0 aliphatic carbocycles. The summed E-state index contributed by atoms with van der Waals surface area (Å²) < 4.78 is 5.54. The van der Waals surface area contributed by atoms with Crippen LogP contribution in [0.1, 0.15) is 64.7 Å². The summed E-state index contributed by atoms with van der Waals surface area (Å²) in [4.78, 5) is 11.2. The van der Waals surface area contributed by atoms with Crippen molar-refractivity contribution < 1.29 is 14.6 Å². The molecule has 1 atom stereocenters. The molecule has 1 aromatic rings. The highest BCUT2D eigenvalue weighted by Crippen LogP contribution is 2.16. The fourth-order valence-electron chi connectivity index (χ4n) is 2.36. The lowest BCUT2D eigenvalue weighted by atomic mass is 10.1. The van der Waals surface area contributed by atoms with Crippen molar-refractivity contribution in [3.8, 4) is 5.75 Å². The minimum absolute atomic E-state index is 0.583. The number of ether oxygens (including phenoxy) is 1. The predicted octanol–water partition coefficient (Wildman–Crippen LogP) is 5.05. The third-order valence-electron chi connectivity index (χ3n) is 3.62. The predicted molar refractivity (Wildman–Crippen MR) is 85.7 cm³/mol. The maximum absolute atomic E-state index is 11.2. The van der Waals surface area contributed by atoms with Crippen LogP contribution in [0.15, 0.2) is 30.3 Å². The Morgan fingerprint density at radius 1 is 1.00 bits per heavy atom. The largest absolute Gasteiger partial charge is 0.479 e. The molecule has 0 spiro atoms. The van der Waals surface area contributed by atoms with Crippen LogP contribution in [0.4, 0.5) is 0 Å². The van der Waals surface area contributed by atoms with Gasteiger partial charge in [0.25, 0.3) is 0 Å². The summed E-state index contributed by atoms with van der Waals surface area (Å²) in [5, 5.41) is 9.21. The van der Waals surface area contributed by atoms with Crippen LogP contribution in [0.5, 0.6) is 5.75 Å². The highest BCUT2D eigenvalue weighted by Gasteiger charge is 2.18. The van der Waals surface area contributed by atoms with Crippen molar-refractivity contribution in [3.63, 3.8) is 0 Å². The van der Waals surface area contributed by atoms with Gasteiger partial charge < -0.3 is 9.84 Å². The molecule has 0 unspecified atom stereocenters. The summed E-state index contributed by atoms with van der Waals surface area (Å²) in [6.07, 6.45) is 9.54. The fourth-order valence-corrected chi connectivity index (χ4v) is 2.36. The van der Waals surface area contributed by atoms with Crippen molar-refractivity contribution >= 4 is 5.97 Å². The van der Waals surface area contributed by atoms with E-state index in [2.05, 4.69) is 6.92 Å². The van der Waals surface area contributed by atoms with E-state index in [1.54, 1.807) is 12.1 Å². The summed E-state index contributed by atoms with van der Waals surface area (Å²) in [6.45, 7) is 2.22. The van der Waals surface area contributed by atoms with Crippen LogP contribution in [0.2, 0.25) is 0 Å². The van der Waals surface area contributed by atoms with Crippen molar-refractivity contribution in [2.75, 3.05) is 0 Å². The number of para-hydroxylation sites is 1. The Balaban J connectivity index is 2.16. The molecule has 3 heteroatoms. The Morgan fingerprint density at radius 2 is 1.57 bits per heavy atom. The van der Waals surface area contributed by atoms with E-state index in [9.17, 15) is 9.90 Å². The monoisotopic (exact) mass is 292 g/mol. The average molecular weight is 292 g/mol. The quantitative estimate of drug-likeness (QED) is 0.548. The zero-order valence-corrected chi connectivity index (χ0v) is 13.1. The van der Waals surface area contributed by atoms with Crippen molar-refractivity contribution in [1.29, 1.82) is 0 Å². The van der Waals surface area contributed by atoms with Gasteiger partial charge in [-0.3, -0.25) is 0 Å². The Kier molecular flexibility index (Phi) is 9.34. The van der Waals surface area contributed by atoms with Gasteiger partial charge in [0, 0.05) is 0 Å². The number of hydrogen-bond acceptors (Lipinski definition) is 2. The number of benzene rings is 1. The molecular weight excluding hydrogens is 264 g/mol. The number of aliphatic carboxylic acids is 1. The number of rotatable bonds is 12. The van der Waals surface area contributed by atoms with E-state index in [1.807, 2.05) is 18.2 Å². The number of carbonyl (C=O) groups is 1. The smallest absolute Gasteiger partial charge is 0.344 e. The maximum Gasteiger partial charge on any atom is 0.344 e. The van der Waals surface area contributed by atoms with E-state index >= 15 is 0 Å². The lowest BCUT2D eigenvalue weighted by Crippen LogP contribution is -2.26. The van der Waals surface area contributed by atoms with Gasteiger partial charge in [0.15, 0.2) is 6.10 Å². The van der Waals surface area contributed by atoms with Crippen molar-refractivity contribution in [3.05, 3.63) is 30.3 Å². The molecular formula is C18H28O3. The zero-order chi connectivity index (χ0) is 15.3. The molecule has 21 heavy (non-hydrogen) atoms. The first-order valence-corrected chi connectivity index (χ1v) is 8.18. The van der Waals surface area contributed by atoms with Gasteiger partial charge in [-0.15, -0.1) is 0 Å². The Bertz CT molecular complexity index is 375. The number of carboxylic acid groups (broad SMARTS) is 1. The fraction of sp³-hybridized carbons (Fsp3) is 0.611. The molecule has 1 aromatic carbocycles. The van der Waals surface area contributed by atoms with Crippen molar-refractivity contribution in [2.24, 2.45) is 0 Å². The molecule has 0 saturated carbocycles. The van der Waals surface area contributed by atoms with Gasteiger partial charge in [-0.25, -0.2) is 4.79 Å². The normalized spacial score (nSPS) is 12.0. The molecule has 0 amide bonds. The van der Waals surface area contributed by atoms with E-state index in [4.69, 9.17) is 4.74 Å². The van der Waals surface area contributed by atoms with Crippen LogP contribution >= 0.6 is 0 Å². The first kappa shape index (κ1) is 17.5. The summed E-state index contributed by atoms with van der Waals surface area (Å²) in [5.74, 6) is -0.244. The summed E-state index contributed by atoms with van der Waals surface area (Å²) in [5.41, 5.74) is 0. The Hall–Kier alpha value is -1.51. The van der Waals surface area contributed by atoms with Crippen LogP contribution < -0.4 is 4.74 Å². The number of unbranched alkanes of at least 4 members (excludes halogenated alkanes) is 7. The van der Waals surface area contributed by atoms with Crippen LogP contribution in [0, 0.1) is 0 Å². The van der Waals surface area contributed by atoms with Crippen LogP contribution in [0.25, 0.3) is 0 Å². The van der Waals surface area contributed by atoms with Gasteiger partial charge >= 0.3 is 5.97 Å². The molecule has 0 aromatic heterocycles. The maximum atomic E-state index is 11.2. The molecule has 0 aliphatic heterocycles. The molecule has 3 nitrogen and oxygen atoms in total. The van der Waals surface area contributed by atoms with Crippen molar-refractivity contribution in [1.82, 2.24) is 0 Å². The van der Waals surface area contributed by atoms with Gasteiger partial charge in [-0.05, 0) is 25.0 Å². The SMILES string of the molecule is CCCCCCCCCC[C@H](Oc1ccccc1)C(=O)O. The zero-order valence-electron chi connectivity index (χ0n) is 13.1. The van der Waals surface area contributed by atoms with E-state index in [0.29, 0.717) is 12.2 Å². The molecule has 0 fully saturated rings. The Morgan fingerprint density at radius 3 is 2.14 bits per heavy atom.